The zero-order valence-electron chi connectivity index (χ0n) is 19.3. The van der Waals surface area contributed by atoms with Crippen LogP contribution < -0.4 is 10.6 Å². The van der Waals surface area contributed by atoms with Crippen molar-refractivity contribution in [3.63, 3.8) is 0 Å². The molecule has 166 valence electrons. The molecule has 2 aromatic rings. The van der Waals surface area contributed by atoms with Crippen LogP contribution in [-0.4, -0.2) is 42.3 Å². The lowest BCUT2D eigenvalue weighted by Gasteiger charge is -2.31. The van der Waals surface area contributed by atoms with Gasteiger partial charge >= 0.3 is 0 Å². The van der Waals surface area contributed by atoms with Gasteiger partial charge in [0.2, 0.25) is 0 Å². The molecule has 0 amide bonds. The Morgan fingerprint density at radius 1 is 1.00 bits per heavy atom. The van der Waals surface area contributed by atoms with Crippen LogP contribution in [0, 0.1) is 11.3 Å². The van der Waals surface area contributed by atoms with Crippen LogP contribution in [0.5, 0.6) is 0 Å². The van der Waals surface area contributed by atoms with Gasteiger partial charge in [0.05, 0.1) is 5.70 Å². The zero-order chi connectivity index (χ0) is 22.6. The molecule has 1 unspecified atom stereocenters. The molecule has 0 aliphatic rings. The number of benzene rings is 2. The second-order valence-electron chi connectivity index (χ2n) is 8.02. The Morgan fingerprint density at radius 2 is 1.52 bits per heavy atom. The van der Waals surface area contributed by atoms with Crippen LogP contribution in [0.2, 0.25) is 0 Å². The lowest BCUT2D eigenvalue weighted by Crippen LogP contribution is -2.39. The summed E-state index contributed by atoms with van der Waals surface area (Å²) in [5, 5.41) is 15.2. The molecule has 2 aromatic carbocycles. The normalized spacial score (nSPS) is 12.8. The second kappa shape index (κ2) is 12.5. The Kier molecular flexibility index (Phi) is 9.69. The number of nitrogens with one attached hydrogen (secondary N) is 3. The topological polar surface area (TPSA) is 54.4 Å². The van der Waals surface area contributed by atoms with E-state index in [-0.39, 0.29) is 0 Å². The largest absolute Gasteiger partial charge is 0.393 e. The van der Waals surface area contributed by atoms with Crippen molar-refractivity contribution in [2.45, 2.75) is 33.0 Å². The number of rotatable bonds is 12. The van der Waals surface area contributed by atoms with E-state index >= 15 is 0 Å². The molecule has 0 aliphatic carbocycles. The fourth-order valence-electron chi connectivity index (χ4n) is 3.28. The van der Waals surface area contributed by atoms with Crippen molar-refractivity contribution in [2.75, 3.05) is 20.6 Å². The summed E-state index contributed by atoms with van der Waals surface area (Å²) in [5.74, 6) is 0.809. The summed E-state index contributed by atoms with van der Waals surface area (Å²) in [4.78, 5) is 4.25. The minimum Gasteiger partial charge on any atom is -0.393 e. The summed E-state index contributed by atoms with van der Waals surface area (Å²) >= 11 is 0. The highest BCUT2D eigenvalue weighted by molar-refractivity contribution is 5.94. The predicted octanol–water partition coefficient (Wildman–Crippen LogP) is 4.42. The van der Waals surface area contributed by atoms with Crippen LogP contribution >= 0.6 is 0 Å². The number of hydrogen-bond acceptors (Lipinski definition) is 4. The van der Waals surface area contributed by atoms with E-state index < -0.39 is 0 Å². The molecule has 0 fully saturated rings. The zero-order valence-corrected chi connectivity index (χ0v) is 19.3. The Balaban J connectivity index is 2.01. The molecule has 0 aromatic heterocycles. The highest BCUT2D eigenvalue weighted by atomic mass is 15.2. The van der Waals surface area contributed by atoms with Crippen LogP contribution in [-0.2, 0) is 13.1 Å². The number of amidine groups is 1. The average molecular weight is 420 g/mol. The molecule has 2 rings (SSSR count). The van der Waals surface area contributed by atoms with E-state index in [2.05, 4.69) is 72.2 Å². The summed E-state index contributed by atoms with van der Waals surface area (Å²) in [6, 6.07) is 20.9. The van der Waals surface area contributed by atoms with Crippen molar-refractivity contribution in [1.29, 1.82) is 5.41 Å². The van der Waals surface area contributed by atoms with E-state index in [4.69, 9.17) is 5.41 Å². The highest BCUT2D eigenvalue weighted by Crippen LogP contribution is 2.14. The molecule has 0 radical (unpaired) electrons. The van der Waals surface area contributed by atoms with E-state index in [9.17, 15) is 0 Å². The first kappa shape index (κ1) is 24.1. The van der Waals surface area contributed by atoms with Gasteiger partial charge in [-0.25, -0.2) is 0 Å². The maximum Gasteiger partial charge on any atom is 0.144 e. The van der Waals surface area contributed by atoms with Gasteiger partial charge < -0.3 is 20.4 Å². The van der Waals surface area contributed by atoms with Gasteiger partial charge in [-0.15, -0.1) is 0 Å². The maximum atomic E-state index is 8.81. The van der Waals surface area contributed by atoms with Crippen molar-refractivity contribution >= 4 is 5.84 Å². The first-order chi connectivity index (χ1) is 14.9. The monoisotopic (exact) mass is 419 g/mol. The van der Waals surface area contributed by atoms with Gasteiger partial charge in [-0.3, -0.25) is 5.41 Å². The van der Waals surface area contributed by atoms with E-state index in [1.807, 2.05) is 55.8 Å². The van der Waals surface area contributed by atoms with Crippen LogP contribution in [0.1, 0.15) is 25.0 Å². The number of nitrogens with zero attached hydrogens (tertiary/aromatic N) is 2. The highest BCUT2D eigenvalue weighted by Gasteiger charge is 2.18. The van der Waals surface area contributed by atoms with Crippen molar-refractivity contribution in [3.05, 3.63) is 96.5 Å². The first-order valence-electron chi connectivity index (χ1n) is 10.8. The molecule has 3 N–H and O–H groups in total. The molecule has 2 atom stereocenters. The van der Waals surface area contributed by atoms with Crippen LogP contribution in [0.4, 0.5) is 0 Å². The van der Waals surface area contributed by atoms with Gasteiger partial charge in [-0.1, -0.05) is 74.2 Å². The van der Waals surface area contributed by atoms with Crippen molar-refractivity contribution < 1.29 is 0 Å². The lowest BCUT2D eigenvalue weighted by molar-refractivity contribution is 0.263. The fraction of sp³-hybridized carbons (Fsp3) is 0.346. The molecule has 0 saturated heterocycles. The van der Waals surface area contributed by atoms with E-state index in [1.165, 1.54) is 11.1 Å². The molecule has 0 heterocycles. The second-order valence-corrected chi connectivity index (χ2v) is 8.02. The molecular weight excluding hydrogens is 382 g/mol. The van der Waals surface area contributed by atoms with Gasteiger partial charge in [0, 0.05) is 52.2 Å². The summed E-state index contributed by atoms with van der Waals surface area (Å²) in [7, 11) is 3.97. The van der Waals surface area contributed by atoms with E-state index in [0.29, 0.717) is 36.6 Å². The van der Waals surface area contributed by atoms with Crippen molar-refractivity contribution in [3.8, 4) is 0 Å². The van der Waals surface area contributed by atoms with Crippen molar-refractivity contribution in [1.82, 2.24) is 20.4 Å². The summed E-state index contributed by atoms with van der Waals surface area (Å²) in [5.41, 5.74) is 3.01. The quantitative estimate of drug-likeness (QED) is 0.352. The summed E-state index contributed by atoms with van der Waals surface area (Å²) < 4.78 is 0. The standard InChI is InChI=1S/C26H37N5/c1-21(23(3)30(5)17-16-28-4)18-29-22(2)26(27)31(19-24-12-8-6-9-13-24)20-25-14-10-7-11-15-25/h6-17,21,23,27-29H,2,18-20H2,1,3-5H3/b17-16-,27-26?/t21?,23-/m0/s1. The maximum absolute atomic E-state index is 8.81. The van der Waals surface area contributed by atoms with Gasteiger partial charge in [-0.2, -0.15) is 0 Å². The van der Waals surface area contributed by atoms with Crippen molar-refractivity contribution in [2.24, 2.45) is 5.92 Å². The first-order valence-corrected chi connectivity index (χ1v) is 10.8. The smallest absolute Gasteiger partial charge is 0.144 e. The van der Waals surface area contributed by atoms with Crippen LogP contribution in [0.25, 0.3) is 0 Å². The fourth-order valence-corrected chi connectivity index (χ4v) is 3.28. The third-order valence-corrected chi connectivity index (χ3v) is 5.61. The van der Waals surface area contributed by atoms with Gasteiger partial charge in [0.25, 0.3) is 0 Å². The molecule has 0 spiro atoms. The Hall–Kier alpha value is -3.21. The Labute approximate surface area is 188 Å². The van der Waals surface area contributed by atoms with Crippen LogP contribution in [0.15, 0.2) is 85.3 Å². The molecule has 0 bridgehead atoms. The molecule has 0 aliphatic heterocycles. The lowest BCUT2D eigenvalue weighted by atomic mass is 10.0. The minimum atomic E-state index is 0.351. The summed E-state index contributed by atoms with van der Waals surface area (Å²) in [6.45, 7) is 10.7. The third-order valence-electron chi connectivity index (χ3n) is 5.61. The van der Waals surface area contributed by atoms with E-state index in [0.717, 1.165) is 6.54 Å². The third kappa shape index (κ3) is 7.85. The molecule has 5 heteroatoms. The van der Waals surface area contributed by atoms with Gasteiger partial charge in [-0.05, 0) is 24.0 Å². The molecule has 0 saturated carbocycles. The minimum absolute atomic E-state index is 0.351. The van der Waals surface area contributed by atoms with Gasteiger partial charge in [0.15, 0.2) is 0 Å². The summed E-state index contributed by atoms with van der Waals surface area (Å²) in [6.07, 6.45) is 3.97. The molecular formula is C26H37N5. The SMILES string of the molecule is C=C(NCC(C)[C@H](C)N(C)/C=C\NC)C(=N)N(Cc1ccccc1)Cc1ccccc1. The average Bonchev–Trinajstić information content (AvgIpc) is 2.80. The molecule has 31 heavy (non-hydrogen) atoms. The number of hydrogen-bond donors (Lipinski definition) is 3. The van der Waals surface area contributed by atoms with Gasteiger partial charge in [0.1, 0.15) is 5.84 Å². The van der Waals surface area contributed by atoms with E-state index in [1.54, 1.807) is 0 Å². The van der Waals surface area contributed by atoms with Crippen LogP contribution in [0.3, 0.4) is 0 Å². The Bertz CT molecular complexity index is 790. The Morgan fingerprint density at radius 3 is 2.00 bits per heavy atom. The predicted molar refractivity (Wildman–Crippen MR) is 132 cm³/mol. The molecule has 5 nitrogen and oxygen atoms in total.